The van der Waals surface area contributed by atoms with Crippen LogP contribution in [0, 0.1) is 11.3 Å². The molecule has 0 aliphatic heterocycles. The number of benzene rings is 1. The van der Waals surface area contributed by atoms with Gasteiger partial charge in [0.2, 0.25) is 0 Å². The van der Waals surface area contributed by atoms with E-state index >= 15 is 0 Å². The molecule has 2 rings (SSSR count). The van der Waals surface area contributed by atoms with Crippen molar-refractivity contribution in [1.82, 2.24) is 0 Å². The van der Waals surface area contributed by atoms with Gasteiger partial charge in [0.15, 0.2) is 0 Å². The van der Waals surface area contributed by atoms with Gasteiger partial charge in [-0.2, -0.15) is 5.26 Å². The van der Waals surface area contributed by atoms with E-state index < -0.39 is 0 Å². The zero-order valence-corrected chi connectivity index (χ0v) is 8.58. The second kappa shape index (κ2) is 3.13. The lowest BCUT2D eigenvalue weighted by molar-refractivity contribution is 0.985. The molecule has 0 bridgehead atoms. The summed E-state index contributed by atoms with van der Waals surface area (Å²) in [4.78, 5) is 0. The van der Waals surface area contributed by atoms with Crippen molar-refractivity contribution in [2.24, 2.45) is 5.73 Å². The molecule has 1 aromatic carbocycles. The first-order valence-electron chi connectivity index (χ1n) is 4.17. The third-order valence-corrected chi connectivity index (χ3v) is 3.09. The fourth-order valence-corrected chi connectivity index (χ4v) is 2.01. The van der Waals surface area contributed by atoms with Crippen LogP contribution in [0.2, 0.25) is 0 Å². The van der Waals surface area contributed by atoms with Crippen LogP contribution < -0.4 is 5.73 Å². The van der Waals surface area contributed by atoms with Gasteiger partial charge in [-0.1, -0.05) is 15.9 Å². The van der Waals surface area contributed by atoms with Crippen LogP contribution in [0.5, 0.6) is 0 Å². The summed E-state index contributed by atoms with van der Waals surface area (Å²) in [5.41, 5.74) is 7.63. The van der Waals surface area contributed by atoms with E-state index in [2.05, 4.69) is 22.0 Å². The Balaban J connectivity index is 2.39. The number of nitriles is 1. The Hall–Kier alpha value is -0.850. The number of halogens is 1. The molecule has 2 nitrogen and oxygen atoms in total. The summed E-state index contributed by atoms with van der Waals surface area (Å²) >= 11 is 3.46. The summed E-state index contributed by atoms with van der Waals surface area (Å²) in [7, 11) is 0. The lowest BCUT2D eigenvalue weighted by atomic mass is 10.1. The van der Waals surface area contributed by atoms with Crippen LogP contribution in [0.1, 0.15) is 23.5 Å². The Bertz CT molecular complexity index is 381. The average Bonchev–Trinajstić information content (AvgIpc) is 2.83. The smallest absolute Gasteiger partial charge is 0.0991 e. The van der Waals surface area contributed by atoms with Crippen LogP contribution in [0.15, 0.2) is 22.7 Å². The van der Waals surface area contributed by atoms with E-state index in [9.17, 15) is 0 Å². The van der Waals surface area contributed by atoms with Crippen LogP contribution in [0.3, 0.4) is 0 Å². The topological polar surface area (TPSA) is 49.8 Å². The molecule has 0 aromatic heterocycles. The van der Waals surface area contributed by atoms with Crippen LogP contribution >= 0.6 is 15.9 Å². The van der Waals surface area contributed by atoms with Crippen LogP contribution in [-0.4, -0.2) is 6.04 Å². The molecule has 0 radical (unpaired) electrons. The van der Waals surface area contributed by atoms with Gasteiger partial charge in [-0.25, -0.2) is 0 Å². The monoisotopic (exact) mass is 236 g/mol. The average molecular weight is 237 g/mol. The SMILES string of the molecule is N#Cc1ccc(Br)c(C2CC2N)c1. The maximum atomic E-state index is 8.72. The molecule has 1 aliphatic rings. The molecule has 66 valence electrons. The minimum Gasteiger partial charge on any atom is -0.327 e. The molecule has 1 aliphatic carbocycles. The van der Waals surface area contributed by atoms with E-state index in [4.69, 9.17) is 11.0 Å². The first kappa shape index (κ1) is 8.74. The van der Waals surface area contributed by atoms with Crippen molar-refractivity contribution in [2.45, 2.75) is 18.4 Å². The fourth-order valence-electron chi connectivity index (χ4n) is 1.47. The van der Waals surface area contributed by atoms with Gasteiger partial charge in [-0.15, -0.1) is 0 Å². The summed E-state index contributed by atoms with van der Waals surface area (Å²) in [6.45, 7) is 0. The number of rotatable bonds is 1. The van der Waals surface area contributed by atoms with Crippen molar-refractivity contribution in [1.29, 1.82) is 5.26 Å². The van der Waals surface area contributed by atoms with Gasteiger partial charge in [0, 0.05) is 16.4 Å². The van der Waals surface area contributed by atoms with Crippen molar-refractivity contribution in [3.8, 4) is 6.07 Å². The second-order valence-corrected chi connectivity index (χ2v) is 4.21. The van der Waals surface area contributed by atoms with Gasteiger partial charge in [0.25, 0.3) is 0 Å². The third kappa shape index (κ3) is 1.60. The third-order valence-electron chi connectivity index (χ3n) is 2.36. The van der Waals surface area contributed by atoms with E-state index in [-0.39, 0.29) is 6.04 Å². The Morgan fingerprint density at radius 1 is 1.54 bits per heavy atom. The van der Waals surface area contributed by atoms with Gasteiger partial charge in [0.1, 0.15) is 0 Å². The van der Waals surface area contributed by atoms with Crippen LogP contribution in [0.4, 0.5) is 0 Å². The first-order valence-corrected chi connectivity index (χ1v) is 4.97. The molecule has 1 aromatic rings. The molecule has 2 atom stereocenters. The molecule has 0 spiro atoms. The highest BCUT2D eigenvalue weighted by Gasteiger charge is 2.36. The Morgan fingerprint density at radius 2 is 2.23 bits per heavy atom. The summed E-state index contributed by atoms with van der Waals surface area (Å²) in [5.74, 6) is 0.447. The zero-order valence-electron chi connectivity index (χ0n) is 7.00. The van der Waals surface area contributed by atoms with E-state index in [1.165, 1.54) is 5.56 Å². The maximum absolute atomic E-state index is 8.72. The summed E-state index contributed by atoms with van der Waals surface area (Å²) in [6, 6.07) is 8.05. The number of nitrogens with two attached hydrogens (primary N) is 1. The number of hydrogen-bond acceptors (Lipinski definition) is 2. The molecule has 0 amide bonds. The second-order valence-electron chi connectivity index (χ2n) is 3.35. The highest BCUT2D eigenvalue weighted by Crippen LogP contribution is 2.42. The largest absolute Gasteiger partial charge is 0.327 e. The van der Waals surface area contributed by atoms with E-state index in [0.717, 1.165) is 10.9 Å². The van der Waals surface area contributed by atoms with Crippen molar-refractivity contribution in [2.75, 3.05) is 0 Å². The molecule has 13 heavy (non-hydrogen) atoms. The van der Waals surface area contributed by atoms with Gasteiger partial charge in [0.05, 0.1) is 11.6 Å². The normalized spacial score (nSPS) is 25.3. The van der Waals surface area contributed by atoms with E-state index in [1.807, 2.05) is 18.2 Å². The lowest BCUT2D eigenvalue weighted by Gasteiger charge is -2.02. The predicted octanol–water partition coefficient (Wildman–Crippen LogP) is 2.14. The lowest BCUT2D eigenvalue weighted by Crippen LogP contribution is -2.01. The minimum atomic E-state index is 0.283. The minimum absolute atomic E-state index is 0.283. The molecular formula is C10H9BrN2. The molecule has 1 saturated carbocycles. The van der Waals surface area contributed by atoms with Crippen LogP contribution in [0.25, 0.3) is 0 Å². The standard InChI is InChI=1S/C10H9BrN2/c11-9-2-1-6(5-12)3-7(9)8-4-10(8)13/h1-3,8,10H,4,13H2. The molecule has 2 N–H and O–H groups in total. The summed E-state index contributed by atoms with van der Waals surface area (Å²) < 4.78 is 1.06. The van der Waals surface area contributed by atoms with E-state index in [0.29, 0.717) is 11.5 Å². The maximum Gasteiger partial charge on any atom is 0.0991 e. The Kier molecular flexibility index (Phi) is 2.10. The van der Waals surface area contributed by atoms with Crippen molar-refractivity contribution < 1.29 is 0 Å². The van der Waals surface area contributed by atoms with Crippen molar-refractivity contribution in [3.05, 3.63) is 33.8 Å². The molecule has 2 unspecified atom stereocenters. The molecule has 0 saturated heterocycles. The molecule has 3 heteroatoms. The van der Waals surface area contributed by atoms with E-state index in [1.54, 1.807) is 0 Å². The Labute approximate surface area is 85.5 Å². The molecule has 1 fully saturated rings. The van der Waals surface area contributed by atoms with Gasteiger partial charge in [-0.3, -0.25) is 0 Å². The highest BCUT2D eigenvalue weighted by molar-refractivity contribution is 9.10. The van der Waals surface area contributed by atoms with Gasteiger partial charge >= 0.3 is 0 Å². The number of nitrogens with zero attached hydrogens (tertiary/aromatic N) is 1. The molecule has 0 heterocycles. The summed E-state index contributed by atoms with van der Waals surface area (Å²) in [6.07, 6.45) is 1.04. The van der Waals surface area contributed by atoms with Gasteiger partial charge in [-0.05, 0) is 30.2 Å². The van der Waals surface area contributed by atoms with Crippen LogP contribution in [-0.2, 0) is 0 Å². The zero-order chi connectivity index (χ0) is 9.42. The summed E-state index contributed by atoms with van der Waals surface area (Å²) in [5, 5.41) is 8.72. The number of hydrogen-bond donors (Lipinski definition) is 1. The molecular weight excluding hydrogens is 228 g/mol. The van der Waals surface area contributed by atoms with Crippen molar-refractivity contribution >= 4 is 15.9 Å². The first-order chi connectivity index (χ1) is 6.22. The van der Waals surface area contributed by atoms with Crippen molar-refractivity contribution in [3.63, 3.8) is 0 Å². The predicted molar refractivity (Wildman–Crippen MR) is 54.2 cm³/mol. The highest BCUT2D eigenvalue weighted by atomic mass is 79.9. The van der Waals surface area contributed by atoms with Gasteiger partial charge < -0.3 is 5.73 Å². The Morgan fingerprint density at radius 3 is 2.77 bits per heavy atom. The quantitative estimate of drug-likeness (QED) is 0.813. The fraction of sp³-hybridized carbons (Fsp3) is 0.300.